The predicted octanol–water partition coefficient (Wildman–Crippen LogP) is 2.83. The van der Waals surface area contributed by atoms with Gasteiger partial charge in [0.1, 0.15) is 5.75 Å². The van der Waals surface area contributed by atoms with E-state index in [0.717, 1.165) is 0 Å². The highest BCUT2D eigenvalue weighted by Gasteiger charge is 2.50. The van der Waals surface area contributed by atoms with Gasteiger partial charge in [0.25, 0.3) is 17.4 Å². The van der Waals surface area contributed by atoms with Gasteiger partial charge in [-0.15, -0.1) is 0 Å². The zero-order valence-corrected chi connectivity index (χ0v) is 13.1. The van der Waals surface area contributed by atoms with Crippen molar-refractivity contribution in [1.29, 1.82) is 0 Å². The van der Waals surface area contributed by atoms with Crippen LogP contribution in [0.25, 0.3) is 0 Å². The number of rotatable bonds is 3. The van der Waals surface area contributed by atoms with Crippen LogP contribution in [0, 0.1) is 0 Å². The number of likely N-dealkylation sites (N-methyl/N-ethyl adjacent to an activating group) is 1. The van der Waals surface area contributed by atoms with Gasteiger partial charge in [-0.3, -0.25) is 9.59 Å². The molecule has 1 aliphatic heterocycles. The Morgan fingerprint density at radius 1 is 1.13 bits per heavy atom. The van der Waals surface area contributed by atoms with E-state index in [9.17, 15) is 9.59 Å². The third-order valence-electron chi connectivity index (χ3n) is 3.90. The molecule has 1 aliphatic rings. The molecule has 1 N–H and O–H groups in total. The van der Waals surface area contributed by atoms with Crippen molar-refractivity contribution < 1.29 is 14.3 Å². The van der Waals surface area contributed by atoms with E-state index in [2.05, 4.69) is 5.32 Å². The average molecular weight is 310 g/mol. The minimum absolute atomic E-state index is 0.368. The molecule has 2 aromatic carbocycles. The monoisotopic (exact) mass is 310 g/mol. The van der Waals surface area contributed by atoms with Gasteiger partial charge < -0.3 is 15.0 Å². The molecule has 0 bridgehead atoms. The second kappa shape index (κ2) is 5.76. The molecule has 0 aliphatic carbocycles. The number of benzene rings is 2. The molecule has 0 saturated heterocycles. The van der Waals surface area contributed by atoms with E-state index in [-0.39, 0.29) is 5.91 Å². The summed E-state index contributed by atoms with van der Waals surface area (Å²) in [7, 11) is 0. The largest absolute Gasteiger partial charge is 0.465 e. The molecule has 1 unspecified atom stereocenters. The molecular weight excluding hydrogens is 292 g/mol. The summed E-state index contributed by atoms with van der Waals surface area (Å²) in [6.07, 6.45) is 0. The number of fused-ring (bicyclic) bond motifs is 1. The number of carbonyl (C=O) groups is 2. The van der Waals surface area contributed by atoms with Gasteiger partial charge in [-0.05, 0) is 38.1 Å². The maximum Gasteiger partial charge on any atom is 0.280 e. The molecule has 1 heterocycles. The van der Waals surface area contributed by atoms with E-state index >= 15 is 0 Å². The average Bonchev–Trinajstić information content (AvgIpc) is 2.57. The number of para-hydroxylation sites is 3. The van der Waals surface area contributed by atoms with Gasteiger partial charge in [-0.1, -0.05) is 30.3 Å². The Morgan fingerprint density at radius 2 is 1.78 bits per heavy atom. The molecule has 2 amide bonds. The summed E-state index contributed by atoms with van der Waals surface area (Å²) in [5.41, 5.74) is -0.290. The Balaban J connectivity index is 1.95. The van der Waals surface area contributed by atoms with Crippen LogP contribution in [-0.4, -0.2) is 24.0 Å². The Hall–Kier alpha value is -2.82. The van der Waals surface area contributed by atoms with Gasteiger partial charge >= 0.3 is 0 Å². The van der Waals surface area contributed by atoms with E-state index in [4.69, 9.17) is 4.74 Å². The fourth-order valence-electron chi connectivity index (χ4n) is 2.63. The maximum absolute atomic E-state index is 12.8. The summed E-state index contributed by atoms with van der Waals surface area (Å²) >= 11 is 0. The van der Waals surface area contributed by atoms with E-state index < -0.39 is 11.5 Å². The van der Waals surface area contributed by atoms with Crippen molar-refractivity contribution in [3.8, 4) is 5.75 Å². The minimum Gasteiger partial charge on any atom is -0.465 e. The van der Waals surface area contributed by atoms with Crippen molar-refractivity contribution in [2.45, 2.75) is 19.4 Å². The molecule has 0 saturated carbocycles. The van der Waals surface area contributed by atoms with Gasteiger partial charge in [0.2, 0.25) is 0 Å². The van der Waals surface area contributed by atoms with Crippen LogP contribution in [0.1, 0.15) is 13.8 Å². The van der Waals surface area contributed by atoms with Gasteiger partial charge in [-0.25, -0.2) is 0 Å². The first-order chi connectivity index (χ1) is 11.1. The summed E-state index contributed by atoms with van der Waals surface area (Å²) in [4.78, 5) is 27.1. The van der Waals surface area contributed by atoms with Crippen LogP contribution in [0.4, 0.5) is 11.4 Å². The number of carbonyl (C=O) groups excluding carboxylic acids is 2. The van der Waals surface area contributed by atoms with E-state index in [1.807, 2.05) is 43.3 Å². The molecule has 0 radical (unpaired) electrons. The van der Waals surface area contributed by atoms with Gasteiger partial charge in [0.05, 0.1) is 5.69 Å². The fourth-order valence-corrected chi connectivity index (χ4v) is 2.63. The zero-order valence-electron chi connectivity index (χ0n) is 13.1. The fraction of sp³-hybridized carbons (Fsp3) is 0.222. The number of nitrogens with zero attached hydrogens (tertiary/aromatic N) is 1. The van der Waals surface area contributed by atoms with Crippen molar-refractivity contribution in [2.75, 3.05) is 16.8 Å². The first-order valence-corrected chi connectivity index (χ1v) is 7.53. The number of nitrogens with one attached hydrogen (secondary N) is 1. The number of amides is 2. The summed E-state index contributed by atoms with van der Waals surface area (Å²) < 4.78 is 5.79. The van der Waals surface area contributed by atoms with Crippen molar-refractivity contribution in [3.05, 3.63) is 54.6 Å². The molecular formula is C18H18N2O3. The van der Waals surface area contributed by atoms with Crippen LogP contribution in [0.5, 0.6) is 5.75 Å². The highest BCUT2D eigenvalue weighted by molar-refractivity contribution is 6.19. The van der Waals surface area contributed by atoms with Crippen LogP contribution in [-0.2, 0) is 9.59 Å². The lowest BCUT2D eigenvalue weighted by atomic mass is 9.99. The maximum atomic E-state index is 12.8. The predicted molar refractivity (Wildman–Crippen MR) is 88.6 cm³/mol. The smallest absolute Gasteiger partial charge is 0.280 e. The van der Waals surface area contributed by atoms with Gasteiger partial charge in [0, 0.05) is 12.2 Å². The first-order valence-electron chi connectivity index (χ1n) is 7.53. The molecule has 3 rings (SSSR count). The minimum atomic E-state index is -1.60. The standard InChI is InChI=1S/C18H18N2O3/c1-3-20-14-11-7-8-12-15(14)23-18(2,17(20)22)16(21)19-13-9-5-4-6-10-13/h4-12H,3H2,1-2H3,(H,19,21). The van der Waals surface area contributed by atoms with Crippen LogP contribution in [0.3, 0.4) is 0 Å². The number of anilines is 2. The topological polar surface area (TPSA) is 58.6 Å². The molecule has 0 fully saturated rings. The highest BCUT2D eigenvalue weighted by Crippen LogP contribution is 2.37. The molecule has 118 valence electrons. The molecule has 0 spiro atoms. The second-order valence-corrected chi connectivity index (χ2v) is 5.47. The zero-order chi connectivity index (χ0) is 16.4. The highest BCUT2D eigenvalue weighted by atomic mass is 16.5. The molecule has 5 nitrogen and oxygen atoms in total. The lowest BCUT2D eigenvalue weighted by Gasteiger charge is -2.39. The number of ether oxygens (including phenoxy) is 1. The second-order valence-electron chi connectivity index (χ2n) is 5.47. The summed E-state index contributed by atoms with van der Waals surface area (Å²) in [5, 5.41) is 2.75. The van der Waals surface area contributed by atoms with Crippen molar-refractivity contribution >= 4 is 23.2 Å². The Kier molecular flexibility index (Phi) is 3.78. The molecule has 2 aromatic rings. The Bertz CT molecular complexity index is 745. The van der Waals surface area contributed by atoms with Crippen LogP contribution >= 0.6 is 0 Å². The lowest BCUT2D eigenvalue weighted by molar-refractivity contribution is -0.145. The Labute approximate surface area is 134 Å². The first kappa shape index (κ1) is 15.1. The van der Waals surface area contributed by atoms with Crippen molar-refractivity contribution in [2.24, 2.45) is 0 Å². The molecule has 23 heavy (non-hydrogen) atoms. The SMILES string of the molecule is CCN1C(=O)C(C)(C(=O)Nc2ccccc2)Oc2ccccc21. The van der Waals surface area contributed by atoms with Crippen molar-refractivity contribution in [1.82, 2.24) is 0 Å². The van der Waals surface area contributed by atoms with Crippen LogP contribution < -0.4 is 15.0 Å². The summed E-state index contributed by atoms with van der Waals surface area (Å²) in [5.74, 6) is -0.326. The Morgan fingerprint density at radius 3 is 2.48 bits per heavy atom. The normalized spacial score (nSPS) is 19.7. The molecule has 1 atom stereocenters. The van der Waals surface area contributed by atoms with E-state index in [1.54, 1.807) is 23.1 Å². The quantitative estimate of drug-likeness (QED) is 0.887. The van der Waals surface area contributed by atoms with Gasteiger partial charge in [0.15, 0.2) is 0 Å². The van der Waals surface area contributed by atoms with Crippen molar-refractivity contribution in [3.63, 3.8) is 0 Å². The molecule has 5 heteroatoms. The van der Waals surface area contributed by atoms with E-state index in [1.165, 1.54) is 6.92 Å². The summed E-state index contributed by atoms with van der Waals surface area (Å²) in [6.45, 7) is 3.84. The summed E-state index contributed by atoms with van der Waals surface area (Å²) in [6, 6.07) is 16.2. The van der Waals surface area contributed by atoms with Crippen LogP contribution in [0.2, 0.25) is 0 Å². The third-order valence-corrected chi connectivity index (χ3v) is 3.90. The number of hydrogen-bond donors (Lipinski definition) is 1. The van der Waals surface area contributed by atoms with Gasteiger partial charge in [-0.2, -0.15) is 0 Å². The number of hydrogen-bond acceptors (Lipinski definition) is 3. The molecule has 0 aromatic heterocycles. The third kappa shape index (κ3) is 2.54. The van der Waals surface area contributed by atoms with Crippen LogP contribution in [0.15, 0.2) is 54.6 Å². The lowest BCUT2D eigenvalue weighted by Crippen LogP contribution is -2.60. The van der Waals surface area contributed by atoms with E-state index in [0.29, 0.717) is 23.7 Å².